The Hall–Kier alpha value is -4.30. The minimum Gasteiger partial charge on any atom is -0.341 e. The molecule has 13 unspecified atom stereocenters. The van der Waals surface area contributed by atoms with Crippen molar-refractivity contribution in [1.29, 1.82) is 0 Å². The Labute approximate surface area is 392 Å². The molecule has 0 saturated heterocycles. The number of fused-ring (bicyclic) bond motifs is 5. The molecule has 2 heteroatoms. The van der Waals surface area contributed by atoms with Gasteiger partial charge in [-0.05, 0) is 180 Å². The van der Waals surface area contributed by atoms with E-state index in [-0.39, 0.29) is 5.41 Å². The molecule has 65 heavy (non-hydrogen) atoms. The molecule has 0 N–H and O–H groups in total. The lowest BCUT2D eigenvalue weighted by Gasteiger charge is -2.53. The van der Waals surface area contributed by atoms with E-state index in [1.807, 2.05) is 5.57 Å². The molecule has 0 amide bonds. The molecule has 0 radical (unpaired) electrons. The SMILES string of the molecule is CC1C=CC(C2(C3CC=CCC3)C3=CC(N(C4=CCC(C5=CC6=C(CC5)N(C5=CCCCC5)C5C=CC=CC65)CC4)C4C=CC(C5=CCCC=C5)CC4)=CCC3C3C=CC=CC32)C(C)C1. The second-order valence-corrected chi connectivity index (χ2v) is 22.5. The quantitative estimate of drug-likeness (QED) is 0.224. The van der Waals surface area contributed by atoms with E-state index in [9.17, 15) is 0 Å². The Morgan fingerprint density at radius 3 is 2.38 bits per heavy atom. The molecule has 0 aromatic heterocycles. The standard InChI is InChI=1S/C63H76N2/c1-43-26-38-58(44(2)40-43)63(49-18-8-4-9-19-49)59-24-14-12-22-54(59)55-37-36-53(42-60(55)63)64(51-32-27-46(28-33-51)45-16-6-3-7-17-45)52-34-29-47(30-35-52)48-31-39-62-57(41-48)56-23-13-15-25-61(56)65(62)50-20-10-5-11-21-50/h4,6,8,12-17,20,22-27,32,34,36,38,41-44,46-47,49,51,54-56,58-59,61H,3,5,7,9-11,18-19,21,28-31,33,35,37,39-40H2,1-2H3. The number of rotatable bonds is 8. The van der Waals surface area contributed by atoms with Gasteiger partial charge in [-0.2, -0.15) is 0 Å². The van der Waals surface area contributed by atoms with Crippen molar-refractivity contribution in [3.63, 3.8) is 0 Å². The van der Waals surface area contributed by atoms with Crippen molar-refractivity contribution in [2.75, 3.05) is 0 Å². The highest BCUT2D eigenvalue weighted by molar-refractivity contribution is 5.50. The molecule has 0 aromatic rings. The van der Waals surface area contributed by atoms with E-state index in [1.165, 1.54) is 121 Å². The molecule has 0 spiro atoms. The van der Waals surface area contributed by atoms with Crippen molar-refractivity contribution in [2.45, 2.75) is 142 Å². The summed E-state index contributed by atoms with van der Waals surface area (Å²) in [4.78, 5) is 5.71. The fourth-order valence-corrected chi connectivity index (χ4v) is 16.2. The molecule has 2 nitrogen and oxygen atoms in total. The molecular formula is C63H76N2. The summed E-state index contributed by atoms with van der Waals surface area (Å²) in [7, 11) is 0. The van der Waals surface area contributed by atoms with Crippen LogP contribution >= 0.6 is 0 Å². The summed E-state index contributed by atoms with van der Waals surface area (Å²) in [6.45, 7) is 5.06. The lowest BCUT2D eigenvalue weighted by atomic mass is 9.51. The Morgan fingerprint density at radius 1 is 0.662 bits per heavy atom. The van der Waals surface area contributed by atoms with Crippen molar-refractivity contribution >= 4 is 0 Å². The first-order chi connectivity index (χ1) is 32.1. The van der Waals surface area contributed by atoms with E-state index >= 15 is 0 Å². The van der Waals surface area contributed by atoms with Crippen molar-refractivity contribution < 1.29 is 0 Å². The Bertz CT molecular complexity index is 2370. The van der Waals surface area contributed by atoms with Crippen LogP contribution in [0.25, 0.3) is 0 Å². The number of nitrogens with zero attached hydrogens (tertiary/aromatic N) is 2. The lowest BCUT2D eigenvalue weighted by Crippen LogP contribution is -2.47. The maximum atomic E-state index is 2.92. The van der Waals surface area contributed by atoms with Gasteiger partial charge in [0, 0.05) is 40.0 Å². The maximum Gasteiger partial charge on any atom is 0.0623 e. The van der Waals surface area contributed by atoms with Crippen LogP contribution < -0.4 is 0 Å². The summed E-state index contributed by atoms with van der Waals surface area (Å²) in [5.41, 5.74) is 13.2. The summed E-state index contributed by atoms with van der Waals surface area (Å²) in [5.74, 6) is 6.03. The summed E-state index contributed by atoms with van der Waals surface area (Å²) < 4.78 is 0. The fourth-order valence-electron chi connectivity index (χ4n) is 16.2. The van der Waals surface area contributed by atoms with Crippen LogP contribution in [0, 0.1) is 64.6 Å². The Morgan fingerprint density at radius 2 is 1.58 bits per heavy atom. The van der Waals surface area contributed by atoms with Crippen molar-refractivity contribution in [1.82, 2.24) is 9.80 Å². The minimum absolute atomic E-state index is 0.147. The lowest BCUT2D eigenvalue weighted by molar-refractivity contribution is 0.0518. The van der Waals surface area contributed by atoms with Gasteiger partial charge >= 0.3 is 0 Å². The van der Waals surface area contributed by atoms with Gasteiger partial charge < -0.3 is 9.80 Å². The van der Waals surface area contributed by atoms with E-state index in [0.29, 0.717) is 71.3 Å². The molecule has 1 heterocycles. The normalized spacial score (nSPS) is 40.3. The summed E-state index contributed by atoms with van der Waals surface area (Å²) in [5, 5.41) is 0. The minimum atomic E-state index is 0.147. The van der Waals surface area contributed by atoms with E-state index in [0.717, 1.165) is 0 Å². The smallest absolute Gasteiger partial charge is 0.0623 e. The fraction of sp³-hybridized carbons (Fsp3) is 0.524. The summed E-state index contributed by atoms with van der Waals surface area (Å²) in [6.07, 6.45) is 78.7. The molecule has 0 aromatic carbocycles. The van der Waals surface area contributed by atoms with Crippen LogP contribution in [0.15, 0.2) is 179 Å². The van der Waals surface area contributed by atoms with Crippen molar-refractivity contribution in [3.05, 3.63) is 179 Å². The molecule has 1 aliphatic heterocycles. The van der Waals surface area contributed by atoms with Gasteiger partial charge in [-0.3, -0.25) is 0 Å². The van der Waals surface area contributed by atoms with Crippen LogP contribution in [0.5, 0.6) is 0 Å². The summed E-state index contributed by atoms with van der Waals surface area (Å²) in [6, 6.07) is 0.863. The highest BCUT2D eigenvalue weighted by atomic mass is 15.2. The van der Waals surface area contributed by atoms with Crippen LogP contribution in [0.4, 0.5) is 0 Å². The third kappa shape index (κ3) is 7.33. The molecular weight excluding hydrogens is 785 g/mol. The topological polar surface area (TPSA) is 6.48 Å². The highest BCUT2D eigenvalue weighted by Gasteiger charge is 2.62. The number of hydrogen-bond acceptors (Lipinski definition) is 2. The van der Waals surface area contributed by atoms with Gasteiger partial charge in [-0.15, -0.1) is 0 Å². The predicted molar refractivity (Wildman–Crippen MR) is 272 cm³/mol. The molecule has 0 bridgehead atoms. The molecule has 1 saturated carbocycles. The first-order valence-corrected chi connectivity index (χ1v) is 27.0. The van der Waals surface area contributed by atoms with Crippen molar-refractivity contribution in [3.8, 4) is 0 Å². The van der Waals surface area contributed by atoms with Gasteiger partial charge in [0.15, 0.2) is 0 Å². The Kier molecular flexibility index (Phi) is 11.5. The predicted octanol–water partition coefficient (Wildman–Crippen LogP) is 15.8. The zero-order chi connectivity index (χ0) is 43.5. The van der Waals surface area contributed by atoms with Gasteiger partial charge in [-0.25, -0.2) is 0 Å². The second kappa shape index (κ2) is 17.7. The Balaban J connectivity index is 0.902. The van der Waals surface area contributed by atoms with E-state index in [2.05, 4.69) is 157 Å². The van der Waals surface area contributed by atoms with Gasteiger partial charge in [0.1, 0.15) is 0 Å². The first kappa shape index (κ1) is 42.1. The molecule has 11 aliphatic carbocycles. The van der Waals surface area contributed by atoms with Crippen LogP contribution in [-0.4, -0.2) is 21.9 Å². The van der Waals surface area contributed by atoms with Crippen LogP contribution in [-0.2, 0) is 0 Å². The first-order valence-electron chi connectivity index (χ1n) is 27.0. The van der Waals surface area contributed by atoms with Crippen molar-refractivity contribution in [2.24, 2.45) is 64.6 Å². The molecule has 12 rings (SSSR count). The third-order valence-corrected chi connectivity index (χ3v) is 19.1. The molecule has 12 aliphatic rings. The zero-order valence-corrected chi connectivity index (χ0v) is 39.8. The monoisotopic (exact) mass is 861 g/mol. The van der Waals surface area contributed by atoms with Gasteiger partial charge in [0.05, 0.1) is 12.1 Å². The molecule has 13 atom stereocenters. The number of allylic oxidation sites excluding steroid dienone is 25. The van der Waals surface area contributed by atoms with Crippen LogP contribution in [0.1, 0.15) is 129 Å². The largest absolute Gasteiger partial charge is 0.341 e. The third-order valence-electron chi connectivity index (χ3n) is 19.1. The van der Waals surface area contributed by atoms with Crippen LogP contribution in [0.3, 0.4) is 0 Å². The molecule has 338 valence electrons. The highest BCUT2D eigenvalue weighted by Crippen LogP contribution is 2.69. The maximum absolute atomic E-state index is 2.92. The van der Waals surface area contributed by atoms with Gasteiger partial charge in [0.25, 0.3) is 0 Å². The van der Waals surface area contributed by atoms with Gasteiger partial charge in [-0.1, -0.05) is 153 Å². The average Bonchev–Trinajstić information content (AvgIpc) is 3.85. The second-order valence-electron chi connectivity index (χ2n) is 22.5. The van der Waals surface area contributed by atoms with Crippen LogP contribution in [0.2, 0.25) is 0 Å². The van der Waals surface area contributed by atoms with E-state index in [4.69, 9.17) is 0 Å². The van der Waals surface area contributed by atoms with E-state index in [1.54, 1.807) is 33.8 Å². The average molecular weight is 861 g/mol. The zero-order valence-electron chi connectivity index (χ0n) is 39.8. The molecule has 1 fully saturated rings. The number of hydrogen-bond donors (Lipinski definition) is 0. The van der Waals surface area contributed by atoms with Gasteiger partial charge in [0.2, 0.25) is 0 Å². The summed E-state index contributed by atoms with van der Waals surface area (Å²) >= 11 is 0. The van der Waals surface area contributed by atoms with E-state index < -0.39 is 0 Å².